The van der Waals surface area contributed by atoms with Crippen LogP contribution in [-0.2, 0) is 11.3 Å². The fourth-order valence-electron chi connectivity index (χ4n) is 3.00. The molecule has 0 heterocycles. The number of aryl methyl sites for hydroxylation is 1. The number of anilines is 1. The van der Waals surface area contributed by atoms with Gasteiger partial charge in [-0.1, -0.05) is 36.4 Å². The lowest BCUT2D eigenvalue weighted by Gasteiger charge is -2.37. The second-order valence-electron chi connectivity index (χ2n) is 6.62. The van der Waals surface area contributed by atoms with Crippen LogP contribution in [0.4, 0.5) is 10.5 Å². The summed E-state index contributed by atoms with van der Waals surface area (Å²) in [6.07, 6.45) is 1.31. The van der Waals surface area contributed by atoms with Crippen LogP contribution in [0.25, 0.3) is 0 Å². The molecule has 1 amide bonds. The zero-order chi connectivity index (χ0) is 17.8. The first kappa shape index (κ1) is 17.1. The molecule has 1 fully saturated rings. The molecule has 1 saturated carbocycles. The fraction of sp³-hybridized carbons (Fsp3) is 0.350. The largest absolute Gasteiger partial charge is 0.507 e. The molecule has 0 bridgehead atoms. The van der Waals surface area contributed by atoms with E-state index in [1.54, 1.807) is 0 Å². The molecular formula is C20H24N2O3. The number of aromatic hydroxyl groups is 1. The summed E-state index contributed by atoms with van der Waals surface area (Å²) < 4.78 is 5.23. The van der Waals surface area contributed by atoms with Gasteiger partial charge in [-0.05, 0) is 43.9 Å². The van der Waals surface area contributed by atoms with Crippen LogP contribution in [0.3, 0.4) is 0 Å². The summed E-state index contributed by atoms with van der Waals surface area (Å²) in [7, 11) is 0. The van der Waals surface area contributed by atoms with Crippen molar-refractivity contribution >= 4 is 11.8 Å². The van der Waals surface area contributed by atoms with E-state index in [0.717, 1.165) is 35.2 Å². The van der Waals surface area contributed by atoms with E-state index in [1.165, 1.54) is 0 Å². The van der Waals surface area contributed by atoms with Gasteiger partial charge in [0.1, 0.15) is 12.4 Å². The summed E-state index contributed by atoms with van der Waals surface area (Å²) in [5, 5.41) is 16.3. The molecule has 132 valence electrons. The molecule has 0 spiro atoms. The Balaban J connectivity index is 1.41. The number of phenols is 1. The van der Waals surface area contributed by atoms with Crippen LogP contribution in [0.5, 0.6) is 5.75 Å². The van der Waals surface area contributed by atoms with Crippen molar-refractivity contribution in [1.82, 2.24) is 5.32 Å². The minimum absolute atomic E-state index is 0.125. The first-order chi connectivity index (χ1) is 12.0. The Morgan fingerprint density at radius 2 is 1.84 bits per heavy atom. The predicted octanol–water partition coefficient (Wildman–Crippen LogP) is 3.88. The molecule has 5 heteroatoms. The smallest absolute Gasteiger partial charge is 0.407 e. The molecule has 2 aromatic rings. The van der Waals surface area contributed by atoms with Gasteiger partial charge in [0.05, 0.1) is 0 Å². The minimum Gasteiger partial charge on any atom is -0.507 e. The second kappa shape index (κ2) is 7.47. The Hall–Kier alpha value is -2.69. The topological polar surface area (TPSA) is 70.6 Å². The number of nitrogens with one attached hydrogen (secondary N) is 2. The number of hydrogen-bond donors (Lipinski definition) is 3. The molecule has 1 aliphatic rings. The summed E-state index contributed by atoms with van der Waals surface area (Å²) in [5.74, 6) is 0.337. The van der Waals surface area contributed by atoms with E-state index in [2.05, 4.69) is 10.6 Å². The number of carbonyl (C=O) groups is 1. The van der Waals surface area contributed by atoms with Crippen LogP contribution in [-0.4, -0.2) is 23.3 Å². The highest BCUT2D eigenvalue weighted by molar-refractivity contribution is 5.68. The van der Waals surface area contributed by atoms with E-state index in [4.69, 9.17) is 4.74 Å². The number of hydrogen-bond acceptors (Lipinski definition) is 4. The molecule has 3 rings (SSSR count). The number of carbonyl (C=O) groups excluding carboxylic acids is 1. The molecule has 0 aromatic heterocycles. The van der Waals surface area contributed by atoms with Crippen molar-refractivity contribution in [3.63, 3.8) is 0 Å². The average molecular weight is 340 g/mol. The summed E-state index contributed by atoms with van der Waals surface area (Å²) >= 11 is 0. The van der Waals surface area contributed by atoms with Gasteiger partial charge in [0.15, 0.2) is 0 Å². The summed E-state index contributed by atoms with van der Waals surface area (Å²) in [4.78, 5) is 11.8. The van der Waals surface area contributed by atoms with Crippen molar-refractivity contribution in [2.75, 3.05) is 5.32 Å². The lowest BCUT2D eigenvalue weighted by molar-refractivity contribution is 0.129. The highest BCUT2D eigenvalue weighted by Crippen LogP contribution is 2.31. The van der Waals surface area contributed by atoms with Crippen molar-refractivity contribution in [3.8, 4) is 5.75 Å². The number of phenolic OH excluding ortho intramolecular Hbond substituents is 1. The SMILES string of the molecule is Cc1ccc(NC2CC(NC(=O)OCc3ccccc3)C2)c(C)c1O. The second-order valence-corrected chi connectivity index (χ2v) is 6.62. The third-order valence-electron chi connectivity index (χ3n) is 4.67. The molecular weight excluding hydrogens is 316 g/mol. The van der Waals surface area contributed by atoms with E-state index >= 15 is 0 Å². The van der Waals surface area contributed by atoms with Crippen LogP contribution in [0.2, 0.25) is 0 Å². The third-order valence-corrected chi connectivity index (χ3v) is 4.67. The Labute approximate surface area is 148 Å². The zero-order valence-corrected chi connectivity index (χ0v) is 14.6. The van der Waals surface area contributed by atoms with Crippen molar-refractivity contribution in [2.24, 2.45) is 0 Å². The van der Waals surface area contributed by atoms with Crippen LogP contribution >= 0.6 is 0 Å². The normalized spacial score (nSPS) is 19.0. The standard InChI is InChI=1S/C20H24N2O3/c1-13-8-9-18(14(2)19(13)23)21-16-10-17(11-16)22-20(24)25-12-15-6-4-3-5-7-15/h3-9,16-17,21,23H,10-12H2,1-2H3,(H,22,24). The van der Waals surface area contributed by atoms with Crippen molar-refractivity contribution in [1.29, 1.82) is 0 Å². The first-order valence-electron chi connectivity index (χ1n) is 8.56. The first-order valence-corrected chi connectivity index (χ1v) is 8.56. The Kier molecular flexibility index (Phi) is 5.12. The van der Waals surface area contributed by atoms with E-state index in [9.17, 15) is 9.90 Å². The Bertz CT molecular complexity index is 740. The van der Waals surface area contributed by atoms with Crippen LogP contribution in [0.1, 0.15) is 29.5 Å². The van der Waals surface area contributed by atoms with Gasteiger partial charge in [-0.25, -0.2) is 4.79 Å². The van der Waals surface area contributed by atoms with Gasteiger partial charge in [0.2, 0.25) is 0 Å². The molecule has 0 aliphatic heterocycles. The number of benzene rings is 2. The van der Waals surface area contributed by atoms with Gasteiger partial charge >= 0.3 is 6.09 Å². The lowest BCUT2D eigenvalue weighted by atomic mass is 9.86. The van der Waals surface area contributed by atoms with E-state index in [0.29, 0.717) is 11.8 Å². The summed E-state index contributed by atoms with van der Waals surface area (Å²) in [6, 6.07) is 13.9. The quantitative estimate of drug-likeness (QED) is 0.772. The number of amides is 1. The number of rotatable bonds is 5. The molecule has 0 saturated heterocycles. The Morgan fingerprint density at radius 3 is 2.56 bits per heavy atom. The fourth-order valence-corrected chi connectivity index (χ4v) is 3.00. The highest BCUT2D eigenvalue weighted by Gasteiger charge is 2.31. The molecule has 5 nitrogen and oxygen atoms in total. The molecule has 2 aromatic carbocycles. The van der Waals surface area contributed by atoms with Crippen LogP contribution in [0, 0.1) is 13.8 Å². The van der Waals surface area contributed by atoms with Crippen molar-refractivity contribution in [3.05, 3.63) is 59.2 Å². The molecule has 1 aliphatic carbocycles. The monoisotopic (exact) mass is 340 g/mol. The van der Waals surface area contributed by atoms with Crippen LogP contribution in [0.15, 0.2) is 42.5 Å². The number of ether oxygens (including phenoxy) is 1. The van der Waals surface area contributed by atoms with Crippen molar-refractivity contribution in [2.45, 2.75) is 45.4 Å². The van der Waals surface area contributed by atoms with Gasteiger partial charge in [-0.2, -0.15) is 0 Å². The molecule has 0 radical (unpaired) electrons. The maximum atomic E-state index is 11.8. The van der Waals surface area contributed by atoms with Gasteiger partial charge in [0.25, 0.3) is 0 Å². The highest BCUT2D eigenvalue weighted by atomic mass is 16.5. The van der Waals surface area contributed by atoms with Gasteiger partial charge in [0, 0.05) is 23.3 Å². The molecule has 0 atom stereocenters. The predicted molar refractivity (Wildman–Crippen MR) is 97.8 cm³/mol. The van der Waals surface area contributed by atoms with Gasteiger partial charge < -0.3 is 20.5 Å². The average Bonchev–Trinajstić information content (AvgIpc) is 2.59. The summed E-state index contributed by atoms with van der Waals surface area (Å²) in [6.45, 7) is 4.07. The van der Waals surface area contributed by atoms with E-state index < -0.39 is 0 Å². The van der Waals surface area contributed by atoms with Crippen LogP contribution < -0.4 is 10.6 Å². The zero-order valence-electron chi connectivity index (χ0n) is 14.6. The van der Waals surface area contributed by atoms with E-state index in [1.807, 2.05) is 56.3 Å². The lowest BCUT2D eigenvalue weighted by Crippen LogP contribution is -2.49. The maximum Gasteiger partial charge on any atom is 0.407 e. The molecule has 0 unspecified atom stereocenters. The maximum absolute atomic E-state index is 11.8. The Morgan fingerprint density at radius 1 is 1.12 bits per heavy atom. The van der Waals surface area contributed by atoms with Gasteiger partial charge in [-0.3, -0.25) is 0 Å². The molecule has 3 N–H and O–H groups in total. The third kappa shape index (κ3) is 4.24. The van der Waals surface area contributed by atoms with Gasteiger partial charge in [-0.15, -0.1) is 0 Å². The van der Waals surface area contributed by atoms with E-state index in [-0.39, 0.29) is 18.7 Å². The minimum atomic E-state index is -0.378. The molecule has 25 heavy (non-hydrogen) atoms. The number of alkyl carbamates (subject to hydrolysis) is 1. The van der Waals surface area contributed by atoms with Crippen molar-refractivity contribution < 1.29 is 14.6 Å². The summed E-state index contributed by atoms with van der Waals surface area (Å²) in [5.41, 5.74) is 3.65.